The molecule has 0 aliphatic rings. The molecule has 0 unspecified atom stereocenters. The van der Waals surface area contributed by atoms with Gasteiger partial charge in [-0.05, 0) is 96.8 Å². The minimum absolute atomic E-state index is 0. The van der Waals surface area contributed by atoms with Crippen molar-refractivity contribution in [2.45, 2.75) is 59.8 Å². The topological polar surface area (TPSA) is 186 Å². The highest BCUT2D eigenvalue weighted by atomic mass is 35.5. The molecule has 0 saturated carbocycles. The monoisotopic (exact) mass is 1070 g/mol. The van der Waals surface area contributed by atoms with E-state index in [0.29, 0.717) is 33.1 Å². The van der Waals surface area contributed by atoms with Crippen LogP contribution in [0.5, 0.6) is 17.4 Å². The van der Waals surface area contributed by atoms with Gasteiger partial charge in [0.05, 0.1) is 91.0 Å². The standard InChI is InChI=1S/C25H18F4N6O2.C16H13FN2O2.C9H6ClF3N4.CH4/c1-15-2-3-17(21(26)8-15)13-34-14-31-23(36)19-10-18(4-5-22(19)34)37-24-20(25(27,28)29)9-16(11-30-24)12-35-32-6-7-33-35;1-10-2-3-11(14(17)6-10)8-19-9-18-16(21)13-7-12(20)4-5-15(13)19;10-8-7(9(11,12)13)3-6(4-14-8)5-17-15-1-2-16-17;/h2-11,14H,12-13H2,1H3;2-7,9,20H,8H2,1H3;1-4H,5H2;1H4. The Morgan fingerprint density at radius 2 is 1.03 bits per heavy atom. The van der Waals surface area contributed by atoms with Crippen LogP contribution in [0.1, 0.15) is 51.9 Å². The molecule has 6 aromatic heterocycles. The summed E-state index contributed by atoms with van der Waals surface area (Å²) < 4.78 is 116. The van der Waals surface area contributed by atoms with Gasteiger partial charge in [0.25, 0.3) is 11.1 Å². The van der Waals surface area contributed by atoms with Gasteiger partial charge in [-0.15, -0.1) is 0 Å². The fourth-order valence-electron chi connectivity index (χ4n) is 7.37. The molecule has 0 aliphatic carbocycles. The minimum Gasteiger partial charge on any atom is -0.508 e. The lowest BCUT2D eigenvalue weighted by Gasteiger charge is -2.15. The van der Waals surface area contributed by atoms with E-state index in [4.69, 9.17) is 16.3 Å². The number of hydrogen-bond donors (Lipinski definition) is 1. The third-order valence-electron chi connectivity index (χ3n) is 11.0. The zero-order valence-corrected chi connectivity index (χ0v) is 39.7. The Kier molecular flexibility index (Phi) is 16.7. The van der Waals surface area contributed by atoms with E-state index in [0.717, 1.165) is 23.3 Å². The third-order valence-corrected chi connectivity index (χ3v) is 11.3. The number of aromatic nitrogens is 12. The van der Waals surface area contributed by atoms with Crippen LogP contribution < -0.4 is 15.9 Å². The van der Waals surface area contributed by atoms with Gasteiger partial charge in [0.15, 0.2) is 0 Å². The Morgan fingerprint density at radius 1 is 0.566 bits per heavy atom. The van der Waals surface area contributed by atoms with Crippen molar-refractivity contribution in [2.75, 3.05) is 0 Å². The first kappa shape index (κ1) is 54.8. The first-order valence-corrected chi connectivity index (χ1v) is 22.4. The van der Waals surface area contributed by atoms with Crippen LogP contribution in [0, 0.1) is 25.5 Å². The first-order chi connectivity index (χ1) is 35.7. The summed E-state index contributed by atoms with van der Waals surface area (Å²) in [4.78, 5) is 41.6. The second kappa shape index (κ2) is 23.1. The summed E-state index contributed by atoms with van der Waals surface area (Å²) in [7, 11) is 0. The average molecular weight is 1070 g/mol. The number of phenols is 1. The van der Waals surface area contributed by atoms with Crippen LogP contribution in [0.3, 0.4) is 0 Å². The highest BCUT2D eigenvalue weighted by Gasteiger charge is 2.36. The highest BCUT2D eigenvalue weighted by molar-refractivity contribution is 6.30. The number of aromatic hydroxyl groups is 1. The summed E-state index contributed by atoms with van der Waals surface area (Å²) in [6.07, 6.45) is 1.62. The number of hydrogen-bond acceptors (Lipinski definition) is 12. The quantitative estimate of drug-likeness (QED) is 0.101. The molecule has 10 aromatic rings. The molecule has 4 aromatic carbocycles. The molecule has 0 spiro atoms. The van der Waals surface area contributed by atoms with Gasteiger partial charge in [-0.2, -0.15) is 66.3 Å². The molecule has 1 N–H and O–H groups in total. The van der Waals surface area contributed by atoms with Crippen LogP contribution in [0.15, 0.2) is 144 Å². The Morgan fingerprint density at radius 3 is 1.51 bits per heavy atom. The van der Waals surface area contributed by atoms with Crippen LogP contribution in [-0.2, 0) is 38.5 Å². The SMILES string of the molecule is C.Cc1ccc(Cn2cnc(=O)c3cc(O)ccc32)c(F)c1.Cc1ccc(Cn2cnc(=O)c3cc(Oc4ncc(Cn5nccn5)cc4C(F)(F)F)ccc32)c(F)c1.FC(F)(F)c1cc(Cn2nccn2)cnc1Cl. The molecule has 0 fully saturated rings. The predicted molar refractivity (Wildman–Crippen MR) is 263 cm³/mol. The lowest BCUT2D eigenvalue weighted by atomic mass is 10.1. The van der Waals surface area contributed by atoms with E-state index in [1.807, 2.05) is 13.0 Å². The van der Waals surface area contributed by atoms with Crippen LogP contribution in [0.4, 0.5) is 35.1 Å². The molecule has 392 valence electrons. The molecule has 6 heterocycles. The van der Waals surface area contributed by atoms with Crippen LogP contribution in [0.25, 0.3) is 21.8 Å². The predicted octanol–water partition coefficient (Wildman–Crippen LogP) is 10.4. The van der Waals surface area contributed by atoms with Crippen LogP contribution in [-0.4, -0.2) is 64.2 Å². The van der Waals surface area contributed by atoms with E-state index in [9.17, 15) is 49.8 Å². The number of ether oxygens (including phenoxy) is 1. The number of aryl methyl sites for hydroxylation is 2. The molecule has 10 rings (SSSR count). The zero-order valence-electron chi connectivity index (χ0n) is 39.0. The summed E-state index contributed by atoms with van der Waals surface area (Å²) >= 11 is 5.39. The largest absolute Gasteiger partial charge is 0.508 e. The summed E-state index contributed by atoms with van der Waals surface area (Å²) in [6.45, 7) is 4.06. The fourth-order valence-corrected chi connectivity index (χ4v) is 7.58. The van der Waals surface area contributed by atoms with Gasteiger partial charge < -0.3 is 19.0 Å². The number of pyridine rings is 2. The Bertz CT molecular complexity index is 3780. The van der Waals surface area contributed by atoms with Gasteiger partial charge in [0.1, 0.15) is 33.9 Å². The maximum absolute atomic E-state index is 14.4. The summed E-state index contributed by atoms with van der Waals surface area (Å²) in [5.41, 5.74) is 1.04. The maximum Gasteiger partial charge on any atom is 0.421 e. The number of alkyl halides is 6. The summed E-state index contributed by atoms with van der Waals surface area (Å²) in [5, 5.41) is 24.7. The summed E-state index contributed by atoms with van der Waals surface area (Å²) in [5.74, 6) is -1.40. The van der Waals surface area contributed by atoms with Crippen molar-refractivity contribution < 1.29 is 45.0 Å². The molecule has 0 radical (unpaired) electrons. The lowest BCUT2D eigenvalue weighted by Crippen LogP contribution is -2.14. The van der Waals surface area contributed by atoms with Crippen molar-refractivity contribution in [3.63, 3.8) is 0 Å². The Hall–Kier alpha value is -8.93. The van der Waals surface area contributed by atoms with E-state index >= 15 is 0 Å². The second-order valence-electron chi connectivity index (χ2n) is 16.5. The van der Waals surface area contributed by atoms with Crippen LogP contribution >= 0.6 is 11.6 Å². The Balaban J connectivity index is 0.000000182. The molecule has 0 bridgehead atoms. The van der Waals surface area contributed by atoms with Crippen molar-refractivity contribution in [3.8, 4) is 17.4 Å². The van der Waals surface area contributed by atoms with Crippen molar-refractivity contribution >= 4 is 33.4 Å². The van der Waals surface area contributed by atoms with Gasteiger partial charge in [-0.25, -0.2) is 18.7 Å². The molecular formula is C51H41ClF8N12O4. The molecule has 25 heteroatoms. The second-order valence-corrected chi connectivity index (χ2v) is 16.9. The number of nitrogens with zero attached hydrogens (tertiary/aromatic N) is 12. The minimum atomic E-state index is -4.75. The molecule has 16 nitrogen and oxygen atoms in total. The molecular weight excluding hydrogens is 1030 g/mol. The highest BCUT2D eigenvalue weighted by Crippen LogP contribution is 2.38. The summed E-state index contributed by atoms with van der Waals surface area (Å²) in [6, 6.07) is 20.4. The zero-order chi connectivity index (χ0) is 53.6. The fraction of sp³-hybridized carbons (Fsp3) is 0.176. The van der Waals surface area contributed by atoms with E-state index in [1.165, 1.54) is 102 Å². The number of benzene rings is 4. The Labute approximate surface area is 430 Å². The first-order valence-electron chi connectivity index (χ1n) is 22.0. The number of rotatable bonds is 10. The van der Waals surface area contributed by atoms with Gasteiger partial charge in [-0.1, -0.05) is 43.3 Å². The number of fused-ring (bicyclic) bond motifs is 2. The van der Waals surface area contributed by atoms with Crippen molar-refractivity contribution in [1.29, 1.82) is 0 Å². The molecule has 0 amide bonds. The average Bonchev–Trinajstić information content (AvgIpc) is 4.08. The van der Waals surface area contributed by atoms with E-state index in [2.05, 4.69) is 40.3 Å². The van der Waals surface area contributed by atoms with E-state index in [1.54, 1.807) is 40.3 Å². The smallest absolute Gasteiger partial charge is 0.421 e. The van der Waals surface area contributed by atoms with Gasteiger partial charge in [0, 0.05) is 23.5 Å². The third kappa shape index (κ3) is 13.4. The van der Waals surface area contributed by atoms with Crippen molar-refractivity contribution in [2.24, 2.45) is 0 Å². The molecule has 76 heavy (non-hydrogen) atoms. The van der Waals surface area contributed by atoms with Crippen molar-refractivity contribution in [1.82, 2.24) is 59.1 Å². The normalized spacial score (nSPS) is 11.4. The lowest BCUT2D eigenvalue weighted by molar-refractivity contribution is -0.139. The van der Waals surface area contributed by atoms with Crippen molar-refractivity contribution in [3.05, 3.63) is 217 Å². The van der Waals surface area contributed by atoms with Gasteiger partial charge in [0.2, 0.25) is 5.88 Å². The molecule has 0 aliphatic heterocycles. The van der Waals surface area contributed by atoms with E-state index < -0.39 is 51.4 Å². The maximum atomic E-state index is 14.4. The number of halogens is 9. The van der Waals surface area contributed by atoms with Gasteiger partial charge in [-0.3, -0.25) is 9.59 Å². The molecule has 0 atom stereocenters. The number of phenolic OH excluding ortho intramolecular Hbond substituents is 1. The molecule has 0 saturated heterocycles. The van der Waals surface area contributed by atoms with Crippen LogP contribution in [0.2, 0.25) is 5.15 Å². The van der Waals surface area contributed by atoms with E-state index in [-0.39, 0.29) is 61.9 Å². The van der Waals surface area contributed by atoms with Gasteiger partial charge >= 0.3 is 12.4 Å².